The lowest BCUT2D eigenvalue weighted by Crippen LogP contribution is -2.40. The van der Waals surface area contributed by atoms with Crippen LogP contribution in [-0.2, 0) is 16.6 Å². The van der Waals surface area contributed by atoms with Crippen LogP contribution in [0.3, 0.4) is 0 Å². The second-order valence-electron chi connectivity index (χ2n) is 4.40. The number of benzene rings is 2. The number of sulfonamides is 1. The van der Waals surface area contributed by atoms with E-state index in [2.05, 4.69) is 0 Å². The molecule has 21 heavy (non-hydrogen) atoms. The Hall–Kier alpha value is -2.54. The van der Waals surface area contributed by atoms with Gasteiger partial charge in [-0.25, -0.2) is 17.5 Å². The highest BCUT2D eigenvalue weighted by Gasteiger charge is 2.27. The average molecular weight is 305 g/mol. The van der Waals surface area contributed by atoms with Crippen LogP contribution in [0.1, 0.15) is 5.56 Å². The molecule has 0 aliphatic heterocycles. The number of anilines is 1. The van der Waals surface area contributed by atoms with Crippen molar-refractivity contribution in [3.8, 4) is 0 Å². The van der Waals surface area contributed by atoms with Gasteiger partial charge < -0.3 is 11.5 Å². The quantitative estimate of drug-likeness (QED) is 0.835. The monoisotopic (exact) mass is 305 g/mol. The molecule has 0 aliphatic carbocycles. The number of amides is 2. The van der Waals surface area contributed by atoms with E-state index in [9.17, 15) is 13.2 Å². The molecule has 2 aromatic carbocycles. The molecule has 0 heterocycles. The summed E-state index contributed by atoms with van der Waals surface area (Å²) in [4.78, 5) is 11.5. The predicted molar refractivity (Wildman–Crippen MR) is 79.6 cm³/mol. The van der Waals surface area contributed by atoms with Crippen LogP contribution in [0.15, 0.2) is 59.5 Å². The summed E-state index contributed by atoms with van der Waals surface area (Å²) >= 11 is 0. The van der Waals surface area contributed by atoms with Crippen molar-refractivity contribution in [2.75, 3.05) is 5.73 Å². The van der Waals surface area contributed by atoms with E-state index in [1.165, 1.54) is 24.3 Å². The van der Waals surface area contributed by atoms with Gasteiger partial charge in [0.2, 0.25) is 0 Å². The van der Waals surface area contributed by atoms with Gasteiger partial charge in [-0.05, 0) is 29.8 Å². The molecular formula is C14H15N3O3S. The van der Waals surface area contributed by atoms with E-state index >= 15 is 0 Å². The summed E-state index contributed by atoms with van der Waals surface area (Å²) in [6, 6.07) is 13.3. The van der Waals surface area contributed by atoms with Gasteiger partial charge >= 0.3 is 6.03 Å². The highest BCUT2D eigenvalue weighted by molar-refractivity contribution is 7.89. The van der Waals surface area contributed by atoms with E-state index in [0.29, 0.717) is 15.6 Å². The summed E-state index contributed by atoms with van der Waals surface area (Å²) in [7, 11) is -4.01. The van der Waals surface area contributed by atoms with E-state index in [-0.39, 0.29) is 11.4 Å². The molecular weight excluding hydrogens is 290 g/mol. The third-order valence-electron chi connectivity index (χ3n) is 2.88. The van der Waals surface area contributed by atoms with Gasteiger partial charge in [-0.15, -0.1) is 0 Å². The van der Waals surface area contributed by atoms with E-state index in [4.69, 9.17) is 11.5 Å². The fourth-order valence-corrected chi connectivity index (χ4v) is 3.09. The van der Waals surface area contributed by atoms with E-state index < -0.39 is 16.1 Å². The molecule has 2 rings (SSSR count). The zero-order chi connectivity index (χ0) is 15.5. The standard InChI is InChI=1S/C14H15N3O3S/c15-12-6-8-13(9-7-12)21(19,20)17(14(16)18)10-11-4-2-1-3-5-11/h1-9H,10,15H2,(H2,16,18). The number of nitrogens with zero attached hydrogens (tertiary/aromatic N) is 1. The lowest BCUT2D eigenvalue weighted by atomic mass is 10.2. The molecule has 0 saturated carbocycles. The normalized spacial score (nSPS) is 11.0. The molecule has 0 unspecified atom stereocenters. The van der Waals surface area contributed by atoms with Crippen LogP contribution in [0.5, 0.6) is 0 Å². The van der Waals surface area contributed by atoms with Crippen LogP contribution in [0, 0.1) is 0 Å². The van der Waals surface area contributed by atoms with Crippen molar-refractivity contribution in [3.63, 3.8) is 0 Å². The Labute approximate surface area is 123 Å². The summed E-state index contributed by atoms with van der Waals surface area (Å²) < 4.78 is 25.6. The summed E-state index contributed by atoms with van der Waals surface area (Å²) in [6.07, 6.45) is 0. The van der Waals surface area contributed by atoms with Gasteiger partial charge in [-0.1, -0.05) is 30.3 Å². The molecule has 0 aromatic heterocycles. The van der Waals surface area contributed by atoms with Crippen molar-refractivity contribution in [1.82, 2.24) is 4.31 Å². The van der Waals surface area contributed by atoms with Gasteiger partial charge in [0.25, 0.3) is 10.0 Å². The van der Waals surface area contributed by atoms with Gasteiger partial charge in [-0.3, -0.25) is 0 Å². The number of carbonyl (C=O) groups excluding carboxylic acids is 1. The number of carbonyl (C=O) groups is 1. The SMILES string of the molecule is NC(=O)N(Cc1ccccc1)S(=O)(=O)c1ccc(N)cc1. The second kappa shape index (κ2) is 5.84. The molecule has 0 bridgehead atoms. The van der Waals surface area contributed by atoms with Gasteiger partial charge in [-0.2, -0.15) is 0 Å². The lowest BCUT2D eigenvalue weighted by molar-refractivity contribution is 0.231. The topological polar surface area (TPSA) is 106 Å². The zero-order valence-corrected chi connectivity index (χ0v) is 12.0. The third kappa shape index (κ3) is 3.32. The summed E-state index contributed by atoms with van der Waals surface area (Å²) in [5, 5.41) is 0. The summed E-state index contributed by atoms with van der Waals surface area (Å²) in [5.74, 6) is 0. The fraction of sp³-hybridized carbons (Fsp3) is 0.0714. The highest BCUT2D eigenvalue weighted by atomic mass is 32.2. The number of primary amides is 1. The van der Waals surface area contributed by atoms with Crippen LogP contribution < -0.4 is 11.5 Å². The number of hydrogen-bond acceptors (Lipinski definition) is 4. The minimum absolute atomic E-state index is 0.0357. The highest BCUT2D eigenvalue weighted by Crippen LogP contribution is 2.19. The second-order valence-corrected chi connectivity index (χ2v) is 6.27. The van der Waals surface area contributed by atoms with Crippen LogP contribution in [0.4, 0.5) is 10.5 Å². The molecule has 7 heteroatoms. The maximum atomic E-state index is 12.5. The van der Waals surface area contributed by atoms with Crippen LogP contribution >= 0.6 is 0 Å². The number of nitrogens with two attached hydrogens (primary N) is 2. The van der Waals surface area contributed by atoms with Gasteiger partial charge in [0.15, 0.2) is 0 Å². The van der Waals surface area contributed by atoms with Crippen molar-refractivity contribution in [2.45, 2.75) is 11.4 Å². The van der Waals surface area contributed by atoms with Crippen molar-refractivity contribution in [3.05, 3.63) is 60.2 Å². The fourth-order valence-electron chi connectivity index (χ4n) is 1.80. The Morgan fingerprint density at radius 2 is 1.57 bits per heavy atom. The largest absolute Gasteiger partial charge is 0.399 e. The Bertz CT molecular complexity index is 728. The number of urea groups is 1. The Morgan fingerprint density at radius 3 is 2.10 bits per heavy atom. The first-order valence-electron chi connectivity index (χ1n) is 6.13. The molecule has 2 aromatic rings. The molecule has 0 radical (unpaired) electrons. The van der Waals surface area contributed by atoms with Crippen molar-refractivity contribution in [2.24, 2.45) is 5.73 Å². The third-order valence-corrected chi connectivity index (χ3v) is 4.64. The summed E-state index contributed by atoms with van der Waals surface area (Å²) in [6.45, 7) is -0.122. The first-order valence-corrected chi connectivity index (χ1v) is 7.57. The number of nitrogen functional groups attached to an aromatic ring is 1. The molecule has 110 valence electrons. The smallest absolute Gasteiger partial charge is 0.329 e. The molecule has 4 N–H and O–H groups in total. The molecule has 0 saturated heterocycles. The Kier molecular flexibility index (Phi) is 4.13. The molecule has 2 amide bonds. The van der Waals surface area contributed by atoms with Crippen molar-refractivity contribution >= 4 is 21.7 Å². The lowest BCUT2D eigenvalue weighted by Gasteiger charge is -2.20. The molecule has 0 aliphatic rings. The Morgan fingerprint density at radius 1 is 1.00 bits per heavy atom. The zero-order valence-electron chi connectivity index (χ0n) is 11.1. The Balaban J connectivity index is 2.37. The maximum Gasteiger partial charge on any atom is 0.329 e. The molecule has 0 fully saturated rings. The maximum absolute atomic E-state index is 12.5. The van der Waals surface area contributed by atoms with E-state index in [1.54, 1.807) is 30.3 Å². The minimum Gasteiger partial charge on any atom is -0.399 e. The van der Waals surface area contributed by atoms with E-state index in [0.717, 1.165) is 0 Å². The summed E-state index contributed by atoms with van der Waals surface area (Å²) in [5.41, 5.74) is 11.8. The molecule has 0 spiro atoms. The van der Waals surface area contributed by atoms with Crippen LogP contribution in [0.2, 0.25) is 0 Å². The van der Waals surface area contributed by atoms with E-state index in [1.807, 2.05) is 0 Å². The van der Waals surface area contributed by atoms with Gasteiger partial charge in [0, 0.05) is 5.69 Å². The molecule has 0 atom stereocenters. The van der Waals surface area contributed by atoms with Crippen LogP contribution in [0.25, 0.3) is 0 Å². The van der Waals surface area contributed by atoms with Crippen molar-refractivity contribution < 1.29 is 13.2 Å². The first-order chi connectivity index (χ1) is 9.91. The predicted octanol–water partition coefficient (Wildman–Crippen LogP) is 1.54. The van der Waals surface area contributed by atoms with Crippen molar-refractivity contribution in [1.29, 1.82) is 0 Å². The molecule has 6 nitrogen and oxygen atoms in total. The number of hydrogen-bond donors (Lipinski definition) is 2. The first kappa shape index (κ1) is 14.9. The number of rotatable bonds is 4. The van der Waals surface area contributed by atoms with Crippen LogP contribution in [-0.4, -0.2) is 18.8 Å². The average Bonchev–Trinajstić information content (AvgIpc) is 2.46. The minimum atomic E-state index is -4.01. The van der Waals surface area contributed by atoms with Gasteiger partial charge in [0.05, 0.1) is 11.4 Å². The van der Waals surface area contributed by atoms with Gasteiger partial charge in [0.1, 0.15) is 0 Å².